The highest BCUT2D eigenvalue weighted by molar-refractivity contribution is 8.00. The molecule has 0 bridgehead atoms. The molecule has 2 saturated carbocycles. The number of hydrogen-bond acceptors (Lipinski definition) is 39. The molecule has 752 valence electrons. The van der Waals surface area contributed by atoms with E-state index in [1.54, 1.807) is 49.2 Å². The van der Waals surface area contributed by atoms with Crippen LogP contribution in [0, 0.1) is 44.8 Å². The summed E-state index contributed by atoms with van der Waals surface area (Å²) in [4.78, 5) is 76.9. The van der Waals surface area contributed by atoms with E-state index in [1.807, 2.05) is 18.1 Å². The van der Waals surface area contributed by atoms with Gasteiger partial charge in [0.15, 0.2) is 45.6 Å². The number of amidine groups is 1. The van der Waals surface area contributed by atoms with Gasteiger partial charge in [-0.15, -0.1) is 5.10 Å². The molecule has 10 aromatic rings. The normalized spacial score (nSPS) is 21.5. The second kappa shape index (κ2) is 44.2. The predicted molar refractivity (Wildman–Crippen MR) is 542 cm³/mol. The molecule has 34 nitrogen and oxygen atoms in total. The third-order valence-electron chi connectivity index (χ3n) is 29.2. The minimum absolute atomic E-state index is 0.0680. The van der Waals surface area contributed by atoms with Gasteiger partial charge in [-0.25, -0.2) is 64.8 Å². The molecule has 7 saturated heterocycles. The van der Waals surface area contributed by atoms with Crippen molar-refractivity contribution in [2.45, 2.75) is 198 Å². The summed E-state index contributed by atoms with van der Waals surface area (Å²) in [7, 11) is 1.94. The number of nitrogens with one attached hydrogen (secondary N) is 1. The lowest BCUT2D eigenvalue weighted by Gasteiger charge is -2.43. The van der Waals surface area contributed by atoms with Gasteiger partial charge in [-0.3, -0.25) is 9.97 Å². The Hall–Kier alpha value is -10.1. The lowest BCUT2D eigenvalue weighted by atomic mass is 9.71. The summed E-state index contributed by atoms with van der Waals surface area (Å²) in [6, 6.07) is 11.1. The molecule has 9 fully saturated rings. The van der Waals surface area contributed by atoms with Gasteiger partial charge in [0.1, 0.15) is 71.7 Å². The molecule has 10 aromatic heterocycles. The van der Waals surface area contributed by atoms with Gasteiger partial charge < -0.3 is 90.3 Å². The maximum atomic E-state index is 13.2. The Balaban J connectivity index is 0.000000127. The molecule has 0 unspecified atom stereocenters. The topological polar surface area (TPSA) is 494 Å². The fourth-order valence-corrected chi connectivity index (χ4v) is 25.3. The summed E-state index contributed by atoms with van der Waals surface area (Å²) in [5.41, 5.74) is 48.2. The van der Waals surface area contributed by atoms with Crippen molar-refractivity contribution in [2.75, 3.05) is 164 Å². The van der Waals surface area contributed by atoms with E-state index in [4.69, 9.17) is 90.1 Å². The summed E-state index contributed by atoms with van der Waals surface area (Å²) in [6.45, 7) is 23.2. The average molecular weight is 2090 g/mol. The van der Waals surface area contributed by atoms with Gasteiger partial charge in [-0.1, -0.05) is 134 Å². The highest BCUT2D eigenvalue weighted by Gasteiger charge is 2.51. The van der Waals surface area contributed by atoms with Crippen LogP contribution in [-0.4, -0.2) is 202 Å². The van der Waals surface area contributed by atoms with Crippen LogP contribution in [0.1, 0.15) is 135 Å². The molecule has 18 heterocycles. The van der Waals surface area contributed by atoms with Gasteiger partial charge in [0.05, 0.1) is 71.4 Å². The minimum Gasteiger partial charge on any atom is -0.393 e. The van der Waals surface area contributed by atoms with E-state index < -0.39 is 23.7 Å². The van der Waals surface area contributed by atoms with Crippen LogP contribution in [0.3, 0.4) is 0 Å². The number of ether oxygens (including phenoxy) is 2. The van der Waals surface area contributed by atoms with Gasteiger partial charge in [-0.2, -0.15) is 31.4 Å². The second-order valence-corrected chi connectivity index (χ2v) is 43.8. The van der Waals surface area contributed by atoms with E-state index in [9.17, 15) is 31.4 Å². The van der Waals surface area contributed by atoms with E-state index in [0.717, 1.165) is 229 Å². The molecular weight excluding hydrogens is 1980 g/mol. The van der Waals surface area contributed by atoms with Crippen molar-refractivity contribution in [1.82, 2.24) is 85.3 Å². The third kappa shape index (κ3) is 24.0. The van der Waals surface area contributed by atoms with Crippen molar-refractivity contribution in [3.05, 3.63) is 143 Å². The number of rotatable bonds is 16. The summed E-state index contributed by atoms with van der Waals surface area (Å²) in [5.74, 6) is 8.49. The fourth-order valence-electron chi connectivity index (χ4n) is 20.5. The largest absolute Gasteiger partial charge is 0.434 e. The minimum atomic E-state index is -4.56. The molecule has 141 heavy (non-hydrogen) atoms. The standard InChI is InChI=1S/C20H25F3N6OS.C19H25ClN6S.C19H20F3N7S.C18H23ClN6OS.C17H21ClN6OS/c1-25-14-9-12(30)10-19(14)4-7-29(8-5-19)15-11-27-18(17(24)28-15)31-13-3-2-6-26-16(13)20(21,22)23;1-12-3-2-4-19(12)5-7-26(8-6-19)16-11-24-18(17(22)25-16)27-14-9-15(21)23-10-13(14)20;1-11-9-18(17(24)27-11)4-7-29(8-5-18)13-10-26-16(15(23)28-13)30-12-3-2-6-25-14(12)19(20,21)22;1-11-9-26-10-18(11)3-6-25(7-4-18)13-8-23-17(16(21)24-13)27-12-2-5-22-15(20)14(12)19;1-11-9-25-10-17(11)3-6-24(7-4-17)13-8-20-16(15(19)22-13)26-12-2-5-21-23-14(12)18/h2-3,6,11-12,14,25,30H,4-5,7-10H2,1H3,(H2,24,28);9-12H,2-8H2,1H3,(H2,21,23)(H2,22,25);2-3,6,10H,1,4-5,7-9H2,(H2,23,28)(H2,24,27);2,5,8,11H,3-4,6-7,9-10H2,1H3,(H2,20,22)(H2,21,24);2,5,8,11H,3-4,6-7,9-10H2,1H3,(H2,19,22)/t12-,14+;12-;;2*11-/m01.11/s1. The number of anilines is 12. The predicted octanol–water partition coefficient (Wildman–Crippen LogP) is 16.7. The molecule has 10 aliphatic rings. The van der Waals surface area contributed by atoms with Crippen molar-refractivity contribution in [1.29, 1.82) is 0 Å². The number of nitrogens with zero attached hydrogens (tertiary/aromatic N) is 22. The highest BCUT2D eigenvalue weighted by Crippen LogP contribution is 2.54. The Bertz CT molecular complexity index is 6030. The van der Waals surface area contributed by atoms with Gasteiger partial charge in [0.2, 0.25) is 0 Å². The van der Waals surface area contributed by atoms with Gasteiger partial charge in [-0.05, 0) is 162 Å². The van der Waals surface area contributed by atoms with Crippen LogP contribution in [0.4, 0.5) is 96.2 Å². The van der Waals surface area contributed by atoms with E-state index in [0.29, 0.717) is 118 Å². The first-order chi connectivity index (χ1) is 67.4. The van der Waals surface area contributed by atoms with Crippen molar-refractivity contribution in [2.24, 2.45) is 55.6 Å². The number of piperidine rings is 5. The van der Waals surface area contributed by atoms with Crippen molar-refractivity contribution in [3.63, 3.8) is 0 Å². The zero-order chi connectivity index (χ0) is 99.9. The molecule has 0 amide bonds. The zero-order valence-corrected chi connectivity index (χ0v) is 84.6. The quantitative estimate of drug-likeness (QED) is 0.0402. The molecule has 48 heteroatoms. The van der Waals surface area contributed by atoms with Crippen molar-refractivity contribution in [3.8, 4) is 0 Å². The zero-order valence-electron chi connectivity index (χ0n) is 78.3. The van der Waals surface area contributed by atoms with Crippen LogP contribution in [0.25, 0.3) is 0 Å². The van der Waals surface area contributed by atoms with Gasteiger partial charge in [0, 0.05) is 157 Å². The van der Waals surface area contributed by atoms with Crippen LogP contribution in [0.2, 0.25) is 15.2 Å². The van der Waals surface area contributed by atoms with Crippen LogP contribution in [0.5, 0.6) is 0 Å². The number of pyridine rings is 4. The first kappa shape index (κ1) is 104. The van der Waals surface area contributed by atoms with Crippen LogP contribution in [0.15, 0.2) is 171 Å². The molecule has 5 spiro atoms. The number of aliphatic hydroxyl groups is 1. The SMILES string of the molecule is C=C1CC2(CCN(c3cnc(Sc4cccnc4C(F)(F)F)c(N)n3)CC2)C(N)=N1.CN[C@@H]1C[C@H](O)CC12CCN(c1cnc(Sc3cccnc3C(F)(F)F)c(N)n1)CC2.C[C@@H]1CCCC12CCN(c1cnc(Sc3cc(N)ncc3Cl)c(N)n1)CC2.C[C@@H]1COCC12CCN(c1cnc(Sc3ccnc(N)c3Cl)c(N)n1)CC2.C[C@@H]1COCC12CCN(c1cnc(Sc3ccnnc3Cl)c(N)n1)CC2. The lowest BCUT2D eigenvalue weighted by Crippen LogP contribution is -2.48. The van der Waals surface area contributed by atoms with Crippen LogP contribution < -0.4 is 75.7 Å². The molecular formula is C93H114Cl3F6N31O3S5. The third-order valence-corrected chi connectivity index (χ3v) is 35.8. The maximum absolute atomic E-state index is 13.2. The number of aliphatic imine (C=N–C) groups is 1. The summed E-state index contributed by atoms with van der Waals surface area (Å²) >= 11 is 24.1. The number of aromatic nitrogens is 16. The monoisotopic (exact) mass is 2090 g/mol. The van der Waals surface area contributed by atoms with E-state index >= 15 is 0 Å². The lowest BCUT2D eigenvalue weighted by molar-refractivity contribution is -0.144. The van der Waals surface area contributed by atoms with E-state index in [-0.39, 0.29) is 54.2 Å². The van der Waals surface area contributed by atoms with Crippen molar-refractivity contribution >= 4 is 169 Å². The molecule has 20 rings (SSSR count). The summed E-state index contributed by atoms with van der Waals surface area (Å²) in [5, 5.41) is 24.6. The molecule has 18 N–H and O–H groups in total. The number of aliphatic hydroxyl groups excluding tert-OH is 1. The number of hydrogen-bond donors (Lipinski definition) is 10. The van der Waals surface area contributed by atoms with E-state index in [1.165, 1.54) is 104 Å². The van der Waals surface area contributed by atoms with Crippen molar-refractivity contribution < 1.29 is 40.9 Å². The molecule has 0 radical (unpaired) electrons. The number of nitrogen functional groups attached to an aromatic ring is 7. The fraction of sp³-hybridized carbons (Fsp3) is 0.495. The molecule has 0 aromatic carbocycles. The Morgan fingerprint density at radius 3 is 1.23 bits per heavy atom. The number of nitrogens with two attached hydrogens (primary N) is 8. The molecule has 2 aliphatic carbocycles. The maximum Gasteiger partial charge on any atom is 0.434 e. The Morgan fingerprint density at radius 1 is 0.454 bits per heavy atom. The Labute approximate surface area is 849 Å². The summed E-state index contributed by atoms with van der Waals surface area (Å²) < 4.78 is 90.5. The van der Waals surface area contributed by atoms with Crippen LogP contribution >= 0.6 is 93.6 Å². The van der Waals surface area contributed by atoms with E-state index in [2.05, 4.69) is 137 Å². The van der Waals surface area contributed by atoms with Gasteiger partial charge >= 0.3 is 12.4 Å². The number of allylic oxidation sites excluding steroid dienone is 1. The smallest absolute Gasteiger partial charge is 0.393 e. The number of halogens is 9. The number of alkyl halides is 6. The highest BCUT2D eigenvalue weighted by atomic mass is 35.5. The summed E-state index contributed by atoms with van der Waals surface area (Å²) in [6.07, 6.45) is 22.8. The Kier molecular flexibility index (Phi) is 32.6. The second-order valence-electron chi connectivity index (χ2n) is 37.5. The first-order valence-corrected chi connectivity index (χ1v) is 51.8. The first-order valence-electron chi connectivity index (χ1n) is 46.5. The average Bonchev–Trinajstić information content (AvgIpc) is 1.65. The van der Waals surface area contributed by atoms with Crippen LogP contribution in [-0.2, 0) is 21.8 Å². The molecule has 5 atom stereocenters. The Morgan fingerprint density at radius 2 is 0.851 bits per heavy atom. The van der Waals surface area contributed by atoms with Gasteiger partial charge in [0.25, 0.3) is 0 Å². The molecule has 8 aliphatic heterocycles.